The van der Waals surface area contributed by atoms with Crippen LogP contribution in [-0.4, -0.2) is 51.7 Å². The van der Waals surface area contributed by atoms with E-state index in [9.17, 15) is 14.4 Å². The standard InChI is InChI=1S/C33H33N5O5S/c1-3-28(31(40)35-17-21-10-8-20(2)9-11-21)44-33-37-24-7-5-4-6-23(24)30-36-25(32(41)38(30)33)13-15-29(39)34-18-22-12-14-26-27(16-22)43-19-42-26/h4-12,14,16,25,28H,3,13,15,17-19H2,1-2H3,(H,34,39)(H,35,40)/t25-,28-/m0/s1. The van der Waals surface area contributed by atoms with Crippen LogP contribution in [0.4, 0.5) is 5.69 Å². The fourth-order valence-electron chi connectivity index (χ4n) is 5.14. The molecule has 6 rings (SSSR count). The van der Waals surface area contributed by atoms with E-state index in [0.717, 1.165) is 22.3 Å². The van der Waals surface area contributed by atoms with Gasteiger partial charge in [-0.2, -0.15) is 0 Å². The van der Waals surface area contributed by atoms with Crippen molar-refractivity contribution in [2.24, 2.45) is 9.98 Å². The van der Waals surface area contributed by atoms with Crippen molar-refractivity contribution in [3.05, 3.63) is 89.0 Å². The third kappa shape index (κ3) is 6.33. The lowest BCUT2D eigenvalue weighted by molar-refractivity contribution is -0.125. The number of para-hydroxylation sites is 1. The van der Waals surface area contributed by atoms with E-state index in [0.29, 0.717) is 47.7 Å². The molecule has 3 aliphatic rings. The molecular weight excluding hydrogens is 578 g/mol. The Morgan fingerprint density at radius 3 is 2.57 bits per heavy atom. The summed E-state index contributed by atoms with van der Waals surface area (Å²) in [6.45, 7) is 4.90. The second-order valence-corrected chi connectivity index (χ2v) is 11.9. The van der Waals surface area contributed by atoms with Gasteiger partial charge < -0.3 is 20.1 Å². The number of rotatable bonds is 10. The molecule has 0 aliphatic carbocycles. The molecule has 0 spiro atoms. The average molecular weight is 612 g/mol. The molecule has 226 valence electrons. The van der Waals surface area contributed by atoms with Crippen molar-refractivity contribution in [1.29, 1.82) is 0 Å². The van der Waals surface area contributed by atoms with Crippen molar-refractivity contribution in [3.8, 4) is 11.5 Å². The number of amidine groups is 2. The van der Waals surface area contributed by atoms with E-state index in [1.54, 1.807) is 0 Å². The number of nitrogens with zero attached hydrogens (tertiary/aromatic N) is 3. The predicted molar refractivity (Wildman–Crippen MR) is 169 cm³/mol. The van der Waals surface area contributed by atoms with Gasteiger partial charge in [-0.05, 0) is 55.2 Å². The van der Waals surface area contributed by atoms with Gasteiger partial charge in [0.05, 0.1) is 10.9 Å². The van der Waals surface area contributed by atoms with Gasteiger partial charge in [0, 0.05) is 25.1 Å². The molecule has 3 aliphatic heterocycles. The Morgan fingerprint density at radius 1 is 1.00 bits per heavy atom. The molecule has 0 unspecified atom stereocenters. The lowest BCUT2D eigenvalue weighted by Crippen LogP contribution is -2.43. The first kappa shape index (κ1) is 29.4. The summed E-state index contributed by atoms with van der Waals surface area (Å²) in [5.74, 6) is 1.29. The van der Waals surface area contributed by atoms with Gasteiger partial charge in [-0.15, -0.1) is 0 Å². The molecule has 2 atom stereocenters. The highest BCUT2D eigenvalue weighted by Crippen LogP contribution is 2.36. The molecule has 3 heterocycles. The first-order valence-electron chi connectivity index (χ1n) is 14.6. The van der Waals surface area contributed by atoms with Gasteiger partial charge in [-0.3, -0.25) is 19.4 Å². The van der Waals surface area contributed by atoms with E-state index in [4.69, 9.17) is 19.5 Å². The normalized spacial score (nSPS) is 16.9. The summed E-state index contributed by atoms with van der Waals surface area (Å²) >= 11 is 1.26. The minimum Gasteiger partial charge on any atom is -0.454 e. The van der Waals surface area contributed by atoms with Gasteiger partial charge in [0.25, 0.3) is 5.91 Å². The van der Waals surface area contributed by atoms with Gasteiger partial charge in [-0.1, -0.05) is 66.7 Å². The molecule has 3 amide bonds. The number of fused-ring (bicyclic) bond motifs is 4. The fraction of sp³-hybridized carbons (Fsp3) is 0.303. The molecule has 2 N–H and O–H groups in total. The maximum absolute atomic E-state index is 13.7. The summed E-state index contributed by atoms with van der Waals surface area (Å²) in [5, 5.41) is 5.89. The van der Waals surface area contributed by atoms with Crippen LogP contribution < -0.4 is 20.1 Å². The molecule has 3 aromatic carbocycles. The highest BCUT2D eigenvalue weighted by atomic mass is 32.2. The van der Waals surface area contributed by atoms with Crippen LogP contribution in [0.1, 0.15) is 48.4 Å². The number of aliphatic imine (C=N–C) groups is 2. The lowest BCUT2D eigenvalue weighted by atomic mass is 10.1. The molecular formula is C33H33N5O5S. The quantitative estimate of drug-likeness (QED) is 0.346. The van der Waals surface area contributed by atoms with Crippen LogP contribution in [0.2, 0.25) is 0 Å². The van der Waals surface area contributed by atoms with Crippen LogP contribution in [-0.2, 0) is 27.5 Å². The molecule has 0 fully saturated rings. The van der Waals surface area contributed by atoms with E-state index in [2.05, 4.69) is 10.6 Å². The second kappa shape index (κ2) is 12.9. The maximum Gasteiger partial charge on any atom is 0.259 e. The topological polar surface area (TPSA) is 122 Å². The number of nitrogens with one attached hydrogen (secondary N) is 2. The van der Waals surface area contributed by atoms with Crippen molar-refractivity contribution in [3.63, 3.8) is 0 Å². The Morgan fingerprint density at radius 2 is 1.75 bits per heavy atom. The number of amides is 3. The van der Waals surface area contributed by atoms with Crippen LogP contribution in [0.15, 0.2) is 76.7 Å². The van der Waals surface area contributed by atoms with E-state index in [1.807, 2.05) is 80.6 Å². The van der Waals surface area contributed by atoms with Gasteiger partial charge in [0.15, 0.2) is 16.7 Å². The maximum atomic E-state index is 13.7. The number of hydrogen-bond donors (Lipinski definition) is 2. The monoisotopic (exact) mass is 611 g/mol. The largest absolute Gasteiger partial charge is 0.454 e. The van der Waals surface area contributed by atoms with E-state index >= 15 is 0 Å². The molecule has 0 saturated heterocycles. The first-order valence-corrected chi connectivity index (χ1v) is 15.5. The second-order valence-electron chi connectivity index (χ2n) is 10.8. The zero-order valence-corrected chi connectivity index (χ0v) is 25.4. The first-order chi connectivity index (χ1) is 21.4. The molecule has 0 bridgehead atoms. The average Bonchev–Trinajstić information content (AvgIpc) is 3.65. The molecule has 3 aromatic rings. The van der Waals surface area contributed by atoms with E-state index in [-0.39, 0.29) is 37.4 Å². The lowest BCUT2D eigenvalue weighted by Gasteiger charge is -2.27. The van der Waals surface area contributed by atoms with Crippen molar-refractivity contribution >= 4 is 46.2 Å². The molecule has 10 nitrogen and oxygen atoms in total. The predicted octanol–water partition coefficient (Wildman–Crippen LogP) is 4.61. The molecule has 0 saturated carbocycles. The third-order valence-corrected chi connectivity index (χ3v) is 8.93. The summed E-state index contributed by atoms with van der Waals surface area (Å²) in [4.78, 5) is 50.7. The zero-order chi connectivity index (χ0) is 30.6. The zero-order valence-electron chi connectivity index (χ0n) is 24.5. The summed E-state index contributed by atoms with van der Waals surface area (Å²) in [6.07, 6.45) is 0.929. The van der Waals surface area contributed by atoms with Crippen molar-refractivity contribution < 1.29 is 23.9 Å². The number of benzene rings is 3. The molecule has 44 heavy (non-hydrogen) atoms. The van der Waals surface area contributed by atoms with Crippen molar-refractivity contribution in [1.82, 2.24) is 15.5 Å². The number of carbonyl (C=O) groups excluding carboxylic acids is 3. The van der Waals surface area contributed by atoms with Crippen molar-refractivity contribution in [2.45, 2.75) is 57.5 Å². The summed E-state index contributed by atoms with van der Waals surface area (Å²) < 4.78 is 10.7. The van der Waals surface area contributed by atoms with E-state index in [1.165, 1.54) is 16.7 Å². The van der Waals surface area contributed by atoms with Crippen LogP contribution in [0, 0.1) is 6.92 Å². The minimum absolute atomic E-state index is 0.125. The smallest absolute Gasteiger partial charge is 0.259 e. The van der Waals surface area contributed by atoms with Crippen LogP contribution in [0.3, 0.4) is 0 Å². The Labute approximate surface area is 259 Å². The minimum atomic E-state index is -0.728. The highest BCUT2D eigenvalue weighted by molar-refractivity contribution is 8.15. The summed E-state index contributed by atoms with van der Waals surface area (Å²) in [5.41, 5.74) is 4.50. The third-order valence-electron chi connectivity index (χ3n) is 7.62. The van der Waals surface area contributed by atoms with Gasteiger partial charge in [0.1, 0.15) is 11.9 Å². The van der Waals surface area contributed by atoms with Crippen LogP contribution in [0.5, 0.6) is 11.5 Å². The number of ether oxygens (including phenoxy) is 2. The summed E-state index contributed by atoms with van der Waals surface area (Å²) in [6, 6.07) is 20.3. The molecule has 0 aromatic heterocycles. The van der Waals surface area contributed by atoms with Gasteiger partial charge >= 0.3 is 0 Å². The summed E-state index contributed by atoms with van der Waals surface area (Å²) in [7, 11) is 0. The number of aryl methyl sites for hydroxylation is 1. The SMILES string of the molecule is CC[C@H](SC1=Nc2ccccc2C2=N[C@@H](CCC(=O)NCc3ccc4c(c3)OCO4)C(=O)N12)C(=O)NCc1ccc(C)cc1. The van der Waals surface area contributed by atoms with E-state index < -0.39 is 11.3 Å². The Bertz CT molecular complexity index is 1650. The Hall–Kier alpha value is -4.64. The number of carbonyl (C=O) groups is 3. The van der Waals surface area contributed by atoms with Crippen molar-refractivity contribution in [2.75, 3.05) is 6.79 Å². The molecule has 0 radical (unpaired) electrons. The highest BCUT2D eigenvalue weighted by Gasteiger charge is 2.42. The van der Waals surface area contributed by atoms with Gasteiger partial charge in [0.2, 0.25) is 18.6 Å². The van der Waals surface area contributed by atoms with Crippen LogP contribution >= 0.6 is 11.8 Å². The Kier molecular flexibility index (Phi) is 8.65. The number of hydrogen-bond acceptors (Lipinski definition) is 8. The van der Waals surface area contributed by atoms with Gasteiger partial charge in [-0.25, -0.2) is 9.89 Å². The molecule has 11 heteroatoms. The van der Waals surface area contributed by atoms with Crippen LogP contribution in [0.25, 0.3) is 0 Å². The number of thioether (sulfide) groups is 1. The fourth-order valence-corrected chi connectivity index (χ4v) is 6.18. The Balaban J connectivity index is 1.10.